The normalized spacial score (nSPS) is 12.4. The highest BCUT2D eigenvalue weighted by molar-refractivity contribution is 6.18. The van der Waals surface area contributed by atoms with E-state index in [1.165, 1.54) is 0 Å². The van der Waals surface area contributed by atoms with Gasteiger partial charge in [-0.25, -0.2) is 0 Å². The summed E-state index contributed by atoms with van der Waals surface area (Å²) in [6.07, 6.45) is 0. The van der Waals surface area contributed by atoms with Crippen molar-refractivity contribution in [2.75, 3.05) is 12.5 Å². The van der Waals surface area contributed by atoms with E-state index in [0.29, 0.717) is 23.8 Å². The first-order valence-electron chi connectivity index (χ1n) is 6.35. The number of rotatable bonds is 5. The Balaban J connectivity index is 2.46. The van der Waals surface area contributed by atoms with Gasteiger partial charge in [-0.05, 0) is 18.4 Å². The Morgan fingerprint density at radius 3 is 2.68 bits per heavy atom. The molecule has 0 bridgehead atoms. The van der Waals surface area contributed by atoms with Crippen molar-refractivity contribution in [1.29, 1.82) is 0 Å². The zero-order valence-corrected chi connectivity index (χ0v) is 11.9. The lowest BCUT2D eigenvalue weighted by atomic mass is 10.0. The van der Waals surface area contributed by atoms with Crippen LogP contribution in [0.15, 0.2) is 36.4 Å². The van der Waals surface area contributed by atoms with Crippen molar-refractivity contribution in [1.82, 2.24) is 0 Å². The number of ketones is 1. The van der Waals surface area contributed by atoms with Gasteiger partial charge in [0.05, 0.1) is 12.2 Å². The number of halogens is 1. The summed E-state index contributed by atoms with van der Waals surface area (Å²) in [7, 11) is 0. The summed E-state index contributed by atoms with van der Waals surface area (Å²) in [6.45, 7) is 4.09. The number of fused-ring (bicyclic) bond motifs is 1. The molecule has 2 nitrogen and oxygen atoms in total. The van der Waals surface area contributed by atoms with Crippen LogP contribution < -0.4 is 4.74 Å². The molecule has 0 saturated heterocycles. The Kier molecular flexibility index (Phi) is 4.43. The number of carbonyl (C=O) groups excluding carboxylic acids is 1. The molecule has 1 unspecified atom stereocenters. The number of hydrogen-bond donors (Lipinski definition) is 0. The molecule has 0 heterocycles. The van der Waals surface area contributed by atoms with E-state index in [9.17, 15) is 4.79 Å². The SMILES string of the molecule is CC(=O)c1ccc2ccccc2c1OCC(C)CCl. The third-order valence-electron chi connectivity index (χ3n) is 3.03. The van der Waals surface area contributed by atoms with Crippen molar-refractivity contribution in [3.63, 3.8) is 0 Å². The van der Waals surface area contributed by atoms with Gasteiger partial charge in [0.25, 0.3) is 0 Å². The molecule has 0 aliphatic carbocycles. The molecular weight excluding hydrogens is 260 g/mol. The van der Waals surface area contributed by atoms with Crippen LogP contribution in [0.5, 0.6) is 5.75 Å². The highest BCUT2D eigenvalue weighted by atomic mass is 35.5. The van der Waals surface area contributed by atoms with E-state index in [-0.39, 0.29) is 11.7 Å². The van der Waals surface area contributed by atoms with E-state index in [2.05, 4.69) is 0 Å². The quantitative estimate of drug-likeness (QED) is 0.601. The lowest BCUT2D eigenvalue weighted by molar-refractivity contribution is 0.101. The lowest BCUT2D eigenvalue weighted by Crippen LogP contribution is -2.11. The summed E-state index contributed by atoms with van der Waals surface area (Å²) in [6, 6.07) is 11.7. The van der Waals surface area contributed by atoms with Gasteiger partial charge in [-0.1, -0.05) is 37.3 Å². The average molecular weight is 277 g/mol. The molecule has 0 aliphatic heterocycles. The fourth-order valence-corrected chi connectivity index (χ4v) is 2.03. The summed E-state index contributed by atoms with van der Waals surface area (Å²) in [5.74, 6) is 1.47. The molecule has 100 valence electrons. The molecule has 0 amide bonds. The maximum Gasteiger partial charge on any atom is 0.163 e. The topological polar surface area (TPSA) is 26.3 Å². The van der Waals surface area contributed by atoms with E-state index >= 15 is 0 Å². The second-order valence-electron chi connectivity index (χ2n) is 4.79. The lowest BCUT2D eigenvalue weighted by Gasteiger charge is -2.15. The fraction of sp³-hybridized carbons (Fsp3) is 0.312. The van der Waals surface area contributed by atoms with Crippen LogP contribution >= 0.6 is 11.6 Å². The number of alkyl halides is 1. The van der Waals surface area contributed by atoms with Crippen molar-refractivity contribution in [2.24, 2.45) is 5.92 Å². The van der Waals surface area contributed by atoms with Crippen LogP contribution in [0, 0.1) is 5.92 Å². The molecule has 0 aliphatic rings. The standard InChI is InChI=1S/C16H17ClO2/c1-11(9-17)10-19-16-14(12(2)18)8-7-13-5-3-4-6-15(13)16/h3-8,11H,9-10H2,1-2H3. The fourth-order valence-electron chi connectivity index (χ4n) is 1.95. The Bertz CT molecular complexity index is 592. The van der Waals surface area contributed by atoms with E-state index in [0.717, 1.165) is 10.8 Å². The van der Waals surface area contributed by atoms with Crippen LogP contribution in [0.1, 0.15) is 24.2 Å². The smallest absolute Gasteiger partial charge is 0.163 e. The first-order chi connectivity index (χ1) is 9.13. The van der Waals surface area contributed by atoms with Crippen LogP contribution in [0.25, 0.3) is 10.8 Å². The van der Waals surface area contributed by atoms with Gasteiger partial charge in [-0.3, -0.25) is 4.79 Å². The minimum atomic E-state index is 0.0132. The largest absolute Gasteiger partial charge is 0.492 e. The van der Waals surface area contributed by atoms with Gasteiger partial charge < -0.3 is 4.74 Å². The van der Waals surface area contributed by atoms with Gasteiger partial charge in [0, 0.05) is 17.2 Å². The Labute approximate surface area is 118 Å². The predicted octanol–water partition coefficient (Wildman–Crippen LogP) is 4.30. The maximum atomic E-state index is 11.7. The zero-order chi connectivity index (χ0) is 13.8. The van der Waals surface area contributed by atoms with Crippen LogP contribution in [0.4, 0.5) is 0 Å². The van der Waals surface area contributed by atoms with Gasteiger partial charge in [0.1, 0.15) is 5.75 Å². The highest BCUT2D eigenvalue weighted by Crippen LogP contribution is 2.30. The number of benzene rings is 2. The molecule has 0 fully saturated rings. The minimum Gasteiger partial charge on any atom is -0.492 e. The van der Waals surface area contributed by atoms with Gasteiger partial charge in [0.15, 0.2) is 5.78 Å². The van der Waals surface area contributed by atoms with Crippen molar-refractivity contribution >= 4 is 28.2 Å². The highest BCUT2D eigenvalue weighted by Gasteiger charge is 2.13. The monoisotopic (exact) mass is 276 g/mol. The van der Waals surface area contributed by atoms with Crippen LogP contribution in [-0.4, -0.2) is 18.3 Å². The molecule has 2 aromatic carbocycles. The van der Waals surface area contributed by atoms with Gasteiger partial charge in [0.2, 0.25) is 0 Å². The first kappa shape index (κ1) is 13.9. The predicted molar refractivity (Wildman–Crippen MR) is 79.3 cm³/mol. The number of carbonyl (C=O) groups is 1. The van der Waals surface area contributed by atoms with Crippen molar-refractivity contribution in [3.8, 4) is 5.75 Å². The summed E-state index contributed by atoms with van der Waals surface area (Å²) in [5.41, 5.74) is 0.625. The Morgan fingerprint density at radius 1 is 1.26 bits per heavy atom. The Morgan fingerprint density at radius 2 is 2.00 bits per heavy atom. The van der Waals surface area contributed by atoms with Gasteiger partial charge in [-0.15, -0.1) is 11.6 Å². The van der Waals surface area contributed by atoms with E-state index < -0.39 is 0 Å². The average Bonchev–Trinajstić information content (AvgIpc) is 2.43. The summed E-state index contributed by atoms with van der Waals surface area (Å²) in [5, 5.41) is 2.04. The molecule has 0 radical (unpaired) electrons. The van der Waals surface area contributed by atoms with Crippen LogP contribution in [0.3, 0.4) is 0 Å². The van der Waals surface area contributed by atoms with E-state index in [1.54, 1.807) is 6.92 Å². The first-order valence-corrected chi connectivity index (χ1v) is 6.88. The van der Waals surface area contributed by atoms with Crippen molar-refractivity contribution < 1.29 is 9.53 Å². The van der Waals surface area contributed by atoms with Crippen LogP contribution in [-0.2, 0) is 0 Å². The molecule has 0 saturated carbocycles. The molecular formula is C16H17ClO2. The minimum absolute atomic E-state index is 0.0132. The molecule has 3 heteroatoms. The molecule has 0 aromatic heterocycles. The van der Waals surface area contributed by atoms with Crippen LogP contribution in [0.2, 0.25) is 0 Å². The number of Topliss-reactive ketones (excluding diaryl/α,β-unsaturated/α-hetero) is 1. The van der Waals surface area contributed by atoms with Crippen molar-refractivity contribution in [3.05, 3.63) is 42.0 Å². The second kappa shape index (κ2) is 6.07. The van der Waals surface area contributed by atoms with Crippen molar-refractivity contribution in [2.45, 2.75) is 13.8 Å². The Hall–Kier alpha value is -1.54. The number of ether oxygens (including phenoxy) is 1. The maximum absolute atomic E-state index is 11.7. The molecule has 19 heavy (non-hydrogen) atoms. The molecule has 1 atom stereocenters. The zero-order valence-electron chi connectivity index (χ0n) is 11.2. The molecule has 0 spiro atoms. The van der Waals surface area contributed by atoms with Gasteiger partial charge in [-0.2, -0.15) is 0 Å². The molecule has 0 N–H and O–H groups in total. The number of hydrogen-bond acceptors (Lipinski definition) is 2. The van der Waals surface area contributed by atoms with E-state index in [1.807, 2.05) is 43.3 Å². The third kappa shape index (κ3) is 3.07. The summed E-state index contributed by atoms with van der Waals surface area (Å²) >= 11 is 5.79. The third-order valence-corrected chi connectivity index (χ3v) is 3.56. The summed E-state index contributed by atoms with van der Waals surface area (Å²) in [4.78, 5) is 11.7. The second-order valence-corrected chi connectivity index (χ2v) is 5.10. The van der Waals surface area contributed by atoms with E-state index in [4.69, 9.17) is 16.3 Å². The molecule has 2 aromatic rings. The van der Waals surface area contributed by atoms with Gasteiger partial charge >= 0.3 is 0 Å². The molecule has 2 rings (SSSR count). The summed E-state index contributed by atoms with van der Waals surface area (Å²) < 4.78 is 5.86.